The molecule has 5 heteroatoms. The third-order valence-corrected chi connectivity index (χ3v) is 3.42. The Balaban J connectivity index is 1.85. The molecule has 2 rings (SSSR count). The van der Waals surface area contributed by atoms with Gasteiger partial charge in [-0.3, -0.25) is 9.69 Å². The number of Topliss-reactive ketones (excluding diaryl/α,β-unsaturated/α-hetero) is 1. The Bertz CT molecular complexity index is 457. The lowest BCUT2D eigenvalue weighted by Crippen LogP contribution is -2.42. The van der Waals surface area contributed by atoms with Gasteiger partial charge < -0.3 is 5.73 Å². The Morgan fingerprint density at radius 1 is 1.26 bits per heavy atom. The van der Waals surface area contributed by atoms with Crippen LogP contribution < -0.4 is 5.73 Å². The standard InChI is InChI=1S/C14H18F2N2O/c15-13-2-1-10(8-14(13)16)7-12(19)9-18-5-3-11(17)4-6-18/h1-2,8,11H,3-7,9,17H2. The van der Waals surface area contributed by atoms with E-state index in [2.05, 4.69) is 4.90 Å². The average molecular weight is 268 g/mol. The van der Waals surface area contributed by atoms with Gasteiger partial charge in [-0.2, -0.15) is 0 Å². The molecule has 1 aromatic rings. The molecule has 1 heterocycles. The molecule has 0 atom stereocenters. The van der Waals surface area contributed by atoms with Crippen LogP contribution in [0.3, 0.4) is 0 Å². The summed E-state index contributed by atoms with van der Waals surface area (Å²) in [5, 5.41) is 0. The molecule has 1 fully saturated rings. The molecule has 3 nitrogen and oxygen atoms in total. The SMILES string of the molecule is NC1CCN(CC(=O)Cc2ccc(F)c(F)c2)CC1. The summed E-state index contributed by atoms with van der Waals surface area (Å²) in [6.45, 7) is 2.00. The van der Waals surface area contributed by atoms with Crippen molar-refractivity contribution in [3.05, 3.63) is 35.4 Å². The summed E-state index contributed by atoms with van der Waals surface area (Å²) in [6, 6.07) is 3.82. The van der Waals surface area contributed by atoms with Crippen LogP contribution in [0.1, 0.15) is 18.4 Å². The summed E-state index contributed by atoms with van der Waals surface area (Å²) in [4.78, 5) is 13.9. The van der Waals surface area contributed by atoms with Gasteiger partial charge in [-0.1, -0.05) is 6.07 Å². The van der Waals surface area contributed by atoms with E-state index in [4.69, 9.17) is 5.73 Å². The first-order chi connectivity index (χ1) is 9.04. The first kappa shape index (κ1) is 14.1. The quantitative estimate of drug-likeness (QED) is 0.900. The maximum atomic E-state index is 13.0. The predicted molar refractivity (Wildman–Crippen MR) is 68.7 cm³/mol. The van der Waals surface area contributed by atoms with Crippen LogP contribution in [0.25, 0.3) is 0 Å². The van der Waals surface area contributed by atoms with Crippen LogP contribution in [0.4, 0.5) is 8.78 Å². The Morgan fingerprint density at radius 3 is 2.58 bits per heavy atom. The van der Waals surface area contributed by atoms with E-state index in [-0.39, 0.29) is 18.2 Å². The molecule has 0 saturated carbocycles. The molecule has 1 saturated heterocycles. The van der Waals surface area contributed by atoms with Crippen molar-refractivity contribution in [2.24, 2.45) is 5.73 Å². The molecule has 1 aromatic carbocycles. The molecular weight excluding hydrogens is 250 g/mol. The normalized spacial score (nSPS) is 17.6. The predicted octanol–water partition coefficient (Wildman–Crippen LogP) is 1.50. The zero-order chi connectivity index (χ0) is 13.8. The van der Waals surface area contributed by atoms with Gasteiger partial charge in [0.2, 0.25) is 0 Å². The third kappa shape index (κ3) is 4.08. The molecule has 2 N–H and O–H groups in total. The molecule has 19 heavy (non-hydrogen) atoms. The zero-order valence-corrected chi connectivity index (χ0v) is 10.7. The fourth-order valence-electron chi connectivity index (χ4n) is 2.29. The minimum absolute atomic E-state index is 0.0153. The van der Waals surface area contributed by atoms with Crippen molar-refractivity contribution >= 4 is 5.78 Å². The topological polar surface area (TPSA) is 46.3 Å². The Labute approximate surface area is 111 Å². The van der Waals surface area contributed by atoms with E-state index in [1.807, 2.05) is 0 Å². The van der Waals surface area contributed by atoms with Crippen LogP contribution in [0, 0.1) is 11.6 Å². The summed E-state index contributed by atoms with van der Waals surface area (Å²) >= 11 is 0. The number of hydrogen-bond donors (Lipinski definition) is 1. The van der Waals surface area contributed by atoms with Crippen molar-refractivity contribution in [3.8, 4) is 0 Å². The molecule has 0 amide bonds. The smallest absolute Gasteiger partial charge is 0.159 e. The van der Waals surface area contributed by atoms with Gasteiger partial charge in [0.15, 0.2) is 17.4 Å². The number of likely N-dealkylation sites (tertiary alicyclic amines) is 1. The van der Waals surface area contributed by atoms with E-state index in [9.17, 15) is 13.6 Å². The van der Waals surface area contributed by atoms with E-state index in [1.165, 1.54) is 6.07 Å². The highest BCUT2D eigenvalue weighted by molar-refractivity contribution is 5.82. The summed E-state index contributed by atoms with van der Waals surface area (Å²) in [6.07, 6.45) is 1.94. The van der Waals surface area contributed by atoms with Crippen LogP contribution in [-0.4, -0.2) is 36.4 Å². The highest BCUT2D eigenvalue weighted by Crippen LogP contribution is 2.11. The Kier molecular flexibility index (Phi) is 4.61. The number of carbonyl (C=O) groups excluding carboxylic acids is 1. The maximum Gasteiger partial charge on any atom is 0.159 e. The minimum Gasteiger partial charge on any atom is -0.328 e. The Morgan fingerprint density at radius 2 is 1.95 bits per heavy atom. The molecule has 0 bridgehead atoms. The summed E-state index contributed by atoms with van der Waals surface area (Å²) < 4.78 is 25.8. The van der Waals surface area contributed by atoms with Crippen LogP contribution in [-0.2, 0) is 11.2 Å². The molecule has 0 spiro atoms. The van der Waals surface area contributed by atoms with Crippen molar-refractivity contribution in [3.63, 3.8) is 0 Å². The van der Waals surface area contributed by atoms with Crippen LogP contribution >= 0.6 is 0 Å². The molecule has 104 valence electrons. The number of nitrogens with zero attached hydrogens (tertiary/aromatic N) is 1. The van der Waals surface area contributed by atoms with E-state index in [1.54, 1.807) is 0 Å². The highest BCUT2D eigenvalue weighted by atomic mass is 19.2. The molecule has 1 aliphatic rings. The Hall–Kier alpha value is -1.33. The number of halogens is 2. The lowest BCUT2D eigenvalue weighted by Gasteiger charge is -2.29. The molecule has 0 radical (unpaired) electrons. The van der Waals surface area contributed by atoms with Gasteiger partial charge in [-0.05, 0) is 30.5 Å². The molecule has 1 aliphatic heterocycles. The van der Waals surface area contributed by atoms with Gasteiger partial charge in [0, 0.05) is 25.6 Å². The number of rotatable bonds is 4. The number of hydrogen-bond acceptors (Lipinski definition) is 3. The van der Waals surface area contributed by atoms with Gasteiger partial charge in [0.25, 0.3) is 0 Å². The largest absolute Gasteiger partial charge is 0.328 e. The number of carbonyl (C=O) groups is 1. The minimum atomic E-state index is -0.908. The van der Waals surface area contributed by atoms with Crippen molar-refractivity contribution in [1.82, 2.24) is 4.90 Å². The maximum absolute atomic E-state index is 13.0. The molecule has 0 aliphatic carbocycles. The van der Waals surface area contributed by atoms with Crippen LogP contribution in [0.5, 0.6) is 0 Å². The number of benzene rings is 1. The van der Waals surface area contributed by atoms with Gasteiger partial charge >= 0.3 is 0 Å². The van der Waals surface area contributed by atoms with Gasteiger partial charge in [-0.15, -0.1) is 0 Å². The van der Waals surface area contributed by atoms with E-state index in [0.29, 0.717) is 12.1 Å². The van der Waals surface area contributed by atoms with E-state index >= 15 is 0 Å². The van der Waals surface area contributed by atoms with Gasteiger partial charge in [-0.25, -0.2) is 8.78 Å². The second kappa shape index (κ2) is 6.21. The van der Waals surface area contributed by atoms with Crippen LogP contribution in [0.2, 0.25) is 0 Å². The summed E-state index contributed by atoms with van der Waals surface area (Å²) in [5.74, 6) is -1.78. The number of ketones is 1. The average Bonchev–Trinajstić information content (AvgIpc) is 2.37. The first-order valence-electron chi connectivity index (χ1n) is 6.48. The van der Waals surface area contributed by atoms with Gasteiger partial charge in [0.1, 0.15) is 0 Å². The lowest BCUT2D eigenvalue weighted by atomic mass is 10.0. The van der Waals surface area contributed by atoms with Crippen molar-refractivity contribution in [1.29, 1.82) is 0 Å². The van der Waals surface area contributed by atoms with Crippen molar-refractivity contribution in [2.45, 2.75) is 25.3 Å². The summed E-state index contributed by atoms with van der Waals surface area (Å²) in [5.41, 5.74) is 6.31. The van der Waals surface area contributed by atoms with E-state index < -0.39 is 11.6 Å². The van der Waals surface area contributed by atoms with Crippen molar-refractivity contribution < 1.29 is 13.6 Å². The van der Waals surface area contributed by atoms with E-state index in [0.717, 1.165) is 38.1 Å². The molecule has 0 aromatic heterocycles. The number of piperidine rings is 1. The van der Waals surface area contributed by atoms with Crippen molar-refractivity contribution in [2.75, 3.05) is 19.6 Å². The monoisotopic (exact) mass is 268 g/mol. The summed E-state index contributed by atoms with van der Waals surface area (Å²) in [7, 11) is 0. The van der Waals surface area contributed by atoms with Gasteiger partial charge in [0.05, 0.1) is 6.54 Å². The molecular formula is C14H18F2N2O. The second-order valence-electron chi connectivity index (χ2n) is 5.08. The van der Waals surface area contributed by atoms with Crippen LogP contribution in [0.15, 0.2) is 18.2 Å². The lowest BCUT2D eigenvalue weighted by molar-refractivity contribution is -0.119. The zero-order valence-electron chi connectivity index (χ0n) is 10.7. The fraction of sp³-hybridized carbons (Fsp3) is 0.500. The third-order valence-electron chi connectivity index (χ3n) is 3.42. The number of nitrogens with two attached hydrogens (primary N) is 1. The molecule has 0 unspecified atom stereocenters. The second-order valence-corrected chi connectivity index (χ2v) is 5.08. The first-order valence-corrected chi connectivity index (χ1v) is 6.48. The fourth-order valence-corrected chi connectivity index (χ4v) is 2.29. The highest BCUT2D eigenvalue weighted by Gasteiger charge is 2.18.